The minimum atomic E-state index is -0.714. The van der Waals surface area contributed by atoms with E-state index >= 15 is 0 Å². The number of hydrogen-bond donors (Lipinski definition) is 1. The van der Waals surface area contributed by atoms with Crippen molar-refractivity contribution in [1.29, 1.82) is 0 Å². The number of rotatable bonds is 6. The Morgan fingerprint density at radius 2 is 1.73 bits per heavy atom. The second kappa shape index (κ2) is 8.33. The van der Waals surface area contributed by atoms with Crippen LogP contribution in [0.5, 0.6) is 0 Å². The number of hydrogen-bond acceptors (Lipinski definition) is 5. The summed E-state index contributed by atoms with van der Waals surface area (Å²) in [6, 6.07) is 7.33. The van der Waals surface area contributed by atoms with Gasteiger partial charge in [0, 0.05) is 18.3 Å². The number of nitrogens with zero attached hydrogens (tertiary/aromatic N) is 1. The zero-order chi connectivity index (χ0) is 19.3. The molecule has 2 aromatic rings. The predicted octanol–water partition coefficient (Wildman–Crippen LogP) is 2.46. The van der Waals surface area contributed by atoms with E-state index in [0.717, 1.165) is 16.8 Å². The van der Waals surface area contributed by atoms with Gasteiger partial charge < -0.3 is 19.4 Å². The fraction of sp³-hybridized carbons (Fsp3) is 0.316. The molecular weight excluding hydrogens is 336 g/mol. The molecule has 1 aromatic heterocycles. The van der Waals surface area contributed by atoms with Gasteiger partial charge in [0.05, 0.1) is 12.8 Å². The zero-order valence-electron chi connectivity index (χ0n) is 15.3. The molecule has 0 saturated heterocycles. The van der Waals surface area contributed by atoms with Crippen LogP contribution >= 0.6 is 0 Å². The van der Waals surface area contributed by atoms with Crippen molar-refractivity contribution >= 4 is 23.5 Å². The Labute approximate surface area is 151 Å². The predicted molar refractivity (Wildman–Crippen MR) is 95.9 cm³/mol. The van der Waals surface area contributed by atoms with Crippen molar-refractivity contribution in [2.75, 3.05) is 25.5 Å². The largest absolute Gasteiger partial charge is 0.457 e. The molecule has 26 heavy (non-hydrogen) atoms. The number of para-hydroxylation sites is 1. The Hall–Kier alpha value is -3.09. The molecule has 0 radical (unpaired) electrons. The number of ether oxygens (including phenoxy) is 1. The maximum Gasteiger partial charge on any atom is 0.375 e. The molecule has 7 heteroatoms. The summed E-state index contributed by atoms with van der Waals surface area (Å²) in [5.74, 6) is -1.46. The average Bonchev–Trinajstić information content (AvgIpc) is 3.01. The highest BCUT2D eigenvalue weighted by Gasteiger charge is 2.19. The third-order valence-corrected chi connectivity index (χ3v) is 3.93. The number of esters is 1. The number of aryl methyl sites for hydroxylation is 3. The molecule has 0 unspecified atom stereocenters. The first-order chi connectivity index (χ1) is 12.3. The number of benzene rings is 1. The monoisotopic (exact) mass is 358 g/mol. The molecule has 0 bridgehead atoms. The van der Waals surface area contributed by atoms with Gasteiger partial charge >= 0.3 is 5.97 Å². The molecule has 0 fully saturated rings. The molecule has 1 aromatic carbocycles. The van der Waals surface area contributed by atoms with Crippen molar-refractivity contribution in [3.05, 3.63) is 53.0 Å². The minimum Gasteiger partial charge on any atom is -0.457 e. The van der Waals surface area contributed by atoms with Crippen LogP contribution in [-0.2, 0) is 14.3 Å². The van der Waals surface area contributed by atoms with E-state index in [1.54, 1.807) is 13.0 Å². The molecule has 2 rings (SSSR count). The number of amides is 2. The van der Waals surface area contributed by atoms with E-state index in [0.29, 0.717) is 5.56 Å². The fourth-order valence-electron chi connectivity index (χ4n) is 2.38. The van der Waals surface area contributed by atoms with Crippen LogP contribution in [-0.4, -0.2) is 42.9 Å². The lowest BCUT2D eigenvalue weighted by Gasteiger charge is -2.18. The summed E-state index contributed by atoms with van der Waals surface area (Å²) >= 11 is 0. The first kappa shape index (κ1) is 19.2. The van der Waals surface area contributed by atoms with Gasteiger partial charge in [-0.15, -0.1) is 0 Å². The van der Waals surface area contributed by atoms with E-state index in [1.165, 1.54) is 18.2 Å². The third-order valence-electron chi connectivity index (χ3n) is 3.93. The Kier molecular flexibility index (Phi) is 6.16. The van der Waals surface area contributed by atoms with Gasteiger partial charge in [-0.05, 0) is 38.0 Å². The van der Waals surface area contributed by atoms with Gasteiger partial charge in [-0.3, -0.25) is 9.59 Å². The highest BCUT2D eigenvalue weighted by Crippen LogP contribution is 2.19. The van der Waals surface area contributed by atoms with Crippen LogP contribution in [0.15, 0.2) is 34.9 Å². The zero-order valence-corrected chi connectivity index (χ0v) is 15.3. The Morgan fingerprint density at radius 3 is 2.31 bits per heavy atom. The number of anilines is 1. The number of nitrogens with one attached hydrogen (secondary N) is 1. The summed E-state index contributed by atoms with van der Waals surface area (Å²) in [6.45, 7) is 4.88. The van der Waals surface area contributed by atoms with Crippen molar-refractivity contribution in [3.63, 3.8) is 0 Å². The molecule has 7 nitrogen and oxygen atoms in total. The van der Waals surface area contributed by atoms with Crippen molar-refractivity contribution in [2.45, 2.75) is 20.8 Å². The molecule has 0 aliphatic rings. The summed E-state index contributed by atoms with van der Waals surface area (Å²) < 4.78 is 9.94. The molecule has 0 aliphatic heterocycles. The lowest BCUT2D eigenvalue weighted by molar-refractivity contribution is -0.136. The Balaban J connectivity index is 1.85. The van der Waals surface area contributed by atoms with E-state index in [-0.39, 0.29) is 18.2 Å². The Bertz CT molecular complexity index is 805. The van der Waals surface area contributed by atoms with Gasteiger partial charge in [-0.1, -0.05) is 18.2 Å². The topological polar surface area (TPSA) is 88.8 Å². The maximum atomic E-state index is 12.2. The quantitative estimate of drug-likeness (QED) is 0.801. The number of carbonyl (C=O) groups is 3. The van der Waals surface area contributed by atoms with Gasteiger partial charge in [-0.2, -0.15) is 0 Å². The van der Waals surface area contributed by atoms with E-state index < -0.39 is 18.5 Å². The number of furan rings is 1. The van der Waals surface area contributed by atoms with Crippen molar-refractivity contribution < 1.29 is 23.5 Å². The molecule has 0 saturated carbocycles. The molecule has 1 N–H and O–H groups in total. The summed E-state index contributed by atoms with van der Waals surface area (Å²) in [7, 11) is 1.47. The van der Waals surface area contributed by atoms with E-state index in [4.69, 9.17) is 9.15 Å². The van der Waals surface area contributed by atoms with Crippen molar-refractivity contribution in [3.8, 4) is 0 Å². The third kappa shape index (κ3) is 4.72. The summed E-state index contributed by atoms with van der Waals surface area (Å²) in [4.78, 5) is 37.3. The number of likely N-dealkylation sites (N-methyl/N-ethyl adjacent to an activating group) is 1. The van der Waals surface area contributed by atoms with Gasteiger partial charge in [0.15, 0.2) is 6.61 Å². The number of carbonyl (C=O) groups excluding carboxylic acids is 3. The minimum absolute atomic E-state index is 0.0632. The van der Waals surface area contributed by atoms with Crippen LogP contribution in [0.25, 0.3) is 0 Å². The van der Waals surface area contributed by atoms with Crippen molar-refractivity contribution in [1.82, 2.24) is 4.90 Å². The van der Waals surface area contributed by atoms with Gasteiger partial charge in [0.25, 0.3) is 5.91 Å². The fourth-order valence-corrected chi connectivity index (χ4v) is 2.38. The lowest BCUT2D eigenvalue weighted by Crippen LogP contribution is -2.37. The van der Waals surface area contributed by atoms with Crippen LogP contribution in [0.3, 0.4) is 0 Å². The molecule has 138 valence electrons. The van der Waals surface area contributed by atoms with E-state index in [2.05, 4.69) is 5.32 Å². The van der Waals surface area contributed by atoms with E-state index in [1.807, 2.05) is 32.0 Å². The van der Waals surface area contributed by atoms with Crippen LogP contribution in [0.4, 0.5) is 5.69 Å². The first-order valence-electron chi connectivity index (χ1n) is 8.11. The smallest absolute Gasteiger partial charge is 0.375 e. The van der Waals surface area contributed by atoms with Crippen LogP contribution in [0.1, 0.15) is 27.2 Å². The normalized spacial score (nSPS) is 10.3. The molecule has 2 amide bonds. The average molecular weight is 358 g/mol. The second-order valence-corrected chi connectivity index (χ2v) is 6.07. The van der Waals surface area contributed by atoms with Crippen molar-refractivity contribution in [2.24, 2.45) is 0 Å². The molecule has 1 heterocycles. The van der Waals surface area contributed by atoms with Gasteiger partial charge in [-0.25, -0.2) is 4.79 Å². The summed E-state index contributed by atoms with van der Waals surface area (Å²) in [5.41, 5.74) is 3.24. The van der Waals surface area contributed by atoms with Gasteiger partial charge in [0.2, 0.25) is 11.7 Å². The molecule has 0 aliphatic carbocycles. The molecule has 0 spiro atoms. The summed E-state index contributed by atoms with van der Waals surface area (Å²) in [5, 5.41) is 2.80. The highest BCUT2D eigenvalue weighted by molar-refractivity contribution is 5.96. The Morgan fingerprint density at radius 1 is 1.08 bits per heavy atom. The van der Waals surface area contributed by atoms with Crippen LogP contribution in [0, 0.1) is 20.8 Å². The SMILES string of the molecule is Cc1ccoc1C(=O)OCC(=O)N(C)CC(=O)Nc1c(C)cccc1C. The standard InChI is InChI=1S/C19H22N2O5/c1-12-6-5-7-13(2)17(12)20-15(22)10-21(4)16(23)11-26-19(24)18-14(3)8-9-25-18/h5-9H,10-11H2,1-4H3,(H,20,22). The molecule has 0 atom stereocenters. The highest BCUT2D eigenvalue weighted by atomic mass is 16.5. The van der Waals surface area contributed by atoms with Crippen LogP contribution in [0.2, 0.25) is 0 Å². The lowest BCUT2D eigenvalue weighted by atomic mass is 10.1. The maximum absolute atomic E-state index is 12.2. The van der Waals surface area contributed by atoms with Gasteiger partial charge in [0.1, 0.15) is 0 Å². The van der Waals surface area contributed by atoms with Crippen LogP contribution < -0.4 is 5.32 Å². The first-order valence-corrected chi connectivity index (χ1v) is 8.11. The summed E-state index contributed by atoms with van der Waals surface area (Å²) in [6.07, 6.45) is 1.37. The van der Waals surface area contributed by atoms with E-state index in [9.17, 15) is 14.4 Å². The second-order valence-electron chi connectivity index (χ2n) is 6.07. The molecular formula is C19H22N2O5.